The van der Waals surface area contributed by atoms with E-state index in [1.54, 1.807) is 0 Å². The molecule has 0 heterocycles. The van der Waals surface area contributed by atoms with Crippen LogP contribution in [0.15, 0.2) is 53.4 Å². The molecule has 1 saturated carbocycles. The van der Waals surface area contributed by atoms with E-state index in [-0.39, 0.29) is 16.8 Å². The van der Waals surface area contributed by atoms with Gasteiger partial charge < -0.3 is 5.32 Å². The number of anilines is 1. The third-order valence-corrected chi connectivity index (χ3v) is 6.03. The summed E-state index contributed by atoms with van der Waals surface area (Å²) in [6.07, 6.45) is 5.46. The van der Waals surface area contributed by atoms with E-state index in [2.05, 4.69) is 10.0 Å². The van der Waals surface area contributed by atoms with Gasteiger partial charge in [-0.05, 0) is 61.4 Å². The highest BCUT2D eigenvalue weighted by Gasteiger charge is 2.18. The second-order valence-corrected chi connectivity index (χ2v) is 8.31. The molecule has 0 atom stereocenters. The van der Waals surface area contributed by atoms with Crippen molar-refractivity contribution >= 4 is 21.6 Å². The van der Waals surface area contributed by atoms with Crippen molar-refractivity contribution in [2.45, 2.75) is 43.0 Å². The van der Waals surface area contributed by atoms with Crippen molar-refractivity contribution in [2.24, 2.45) is 0 Å². The minimum absolute atomic E-state index is 0.0704. The molecule has 0 aliphatic heterocycles. The molecule has 2 N–H and O–H groups in total. The van der Waals surface area contributed by atoms with E-state index in [0.29, 0.717) is 16.8 Å². The van der Waals surface area contributed by atoms with Crippen molar-refractivity contribution in [3.8, 4) is 6.07 Å². The molecule has 27 heavy (non-hydrogen) atoms. The van der Waals surface area contributed by atoms with Gasteiger partial charge in [0.25, 0.3) is 15.9 Å². The van der Waals surface area contributed by atoms with Crippen molar-refractivity contribution < 1.29 is 13.2 Å². The summed E-state index contributed by atoms with van der Waals surface area (Å²) in [5, 5.41) is 11.8. The Labute approximate surface area is 159 Å². The van der Waals surface area contributed by atoms with Crippen molar-refractivity contribution in [3.63, 3.8) is 0 Å². The Morgan fingerprint density at radius 2 is 1.59 bits per heavy atom. The molecule has 0 saturated heterocycles. The Morgan fingerprint density at radius 1 is 0.963 bits per heavy atom. The summed E-state index contributed by atoms with van der Waals surface area (Å²) in [7, 11) is -3.77. The first kappa shape index (κ1) is 18.9. The number of rotatable bonds is 5. The topological polar surface area (TPSA) is 99.1 Å². The zero-order chi connectivity index (χ0) is 19.3. The molecule has 0 spiro atoms. The number of amides is 1. The van der Waals surface area contributed by atoms with E-state index in [1.807, 2.05) is 6.07 Å². The molecule has 0 unspecified atom stereocenters. The lowest BCUT2D eigenvalue weighted by Crippen LogP contribution is -2.36. The van der Waals surface area contributed by atoms with Gasteiger partial charge in [0.2, 0.25) is 0 Å². The molecule has 2 aromatic carbocycles. The lowest BCUT2D eigenvalue weighted by atomic mass is 9.95. The van der Waals surface area contributed by atoms with Crippen molar-refractivity contribution in [1.29, 1.82) is 5.26 Å². The third-order valence-electron chi connectivity index (χ3n) is 4.63. The first-order valence-electron chi connectivity index (χ1n) is 8.92. The summed E-state index contributed by atoms with van der Waals surface area (Å²) in [5.41, 5.74) is 1.26. The Morgan fingerprint density at radius 3 is 2.19 bits per heavy atom. The molecule has 140 valence electrons. The Balaban J connectivity index is 1.67. The monoisotopic (exact) mass is 383 g/mol. The lowest BCUT2D eigenvalue weighted by molar-refractivity contribution is 0.0927. The third kappa shape index (κ3) is 4.86. The maximum atomic E-state index is 12.5. The fourth-order valence-electron chi connectivity index (χ4n) is 3.13. The highest BCUT2D eigenvalue weighted by molar-refractivity contribution is 7.92. The van der Waals surface area contributed by atoms with Gasteiger partial charge in [-0.1, -0.05) is 19.3 Å². The van der Waals surface area contributed by atoms with Crippen LogP contribution in [0.4, 0.5) is 5.69 Å². The molecule has 6 nitrogen and oxygen atoms in total. The number of benzene rings is 2. The normalized spacial score (nSPS) is 14.9. The predicted molar refractivity (Wildman–Crippen MR) is 103 cm³/mol. The van der Waals surface area contributed by atoms with Crippen molar-refractivity contribution in [2.75, 3.05) is 4.72 Å². The highest BCUT2D eigenvalue weighted by Crippen LogP contribution is 2.19. The molecule has 2 aromatic rings. The molecule has 1 fully saturated rings. The second-order valence-electron chi connectivity index (χ2n) is 6.63. The number of carbonyl (C=O) groups is 1. The van der Waals surface area contributed by atoms with Crippen LogP contribution < -0.4 is 10.0 Å². The number of sulfonamides is 1. The van der Waals surface area contributed by atoms with Crippen LogP contribution in [0.25, 0.3) is 0 Å². The smallest absolute Gasteiger partial charge is 0.261 e. The van der Waals surface area contributed by atoms with Gasteiger partial charge in [0.1, 0.15) is 0 Å². The van der Waals surface area contributed by atoms with Crippen LogP contribution in [-0.2, 0) is 10.0 Å². The summed E-state index contributed by atoms with van der Waals surface area (Å²) >= 11 is 0. The molecule has 7 heteroatoms. The number of nitrogens with one attached hydrogen (secondary N) is 2. The van der Waals surface area contributed by atoms with Crippen LogP contribution in [0.5, 0.6) is 0 Å². The summed E-state index contributed by atoms with van der Waals surface area (Å²) in [6, 6.07) is 14.2. The van der Waals surface area contributed by atoms with Crippen LogP contribution in [0.1, 0.15) is 48.0 Å². The van der Waals surface area contributed by atoms with E-state index in [4.69, 9.17) is 5.26 Å². The second kappa shape index (κ2) is 8.23. The van der Waals surface area contributed by atoms with Crippen LogP contribution in [0, 0.1) is 11.3 Å². The van der Waals surface area contributed by atoms with E-state index >= 15 is 0 Å². The number of hydrogen-bond donors (Lipinski definition) is 2. The van der Waals surface area contributed by atoms with Gasteiger partial charge in [-0.3, -0.25) is 9.52 Å². The average molecular weight is 383 g/mol. The predicted octanol–water partition coefficient (Wildman–Crippen LogP) is 3.42. The minimum atomic E-state index is -3.77. The van der Waals surface area contributed by atoms with Gasteiger partial charge in [-0.25, -0.2) is 8.42 Å². The van der Waals surface area contributed by atoms with Crippen LogP contribution in [0.2, 0.25) is 0 Å². The Hall–Kier alpha value is -2.85. The van der Waals surface area contributed by atoms with Gasteiger partial charge in [-0.15, -0.1) is 0 Å². The maximum Gasteiger partial charge on any atom is 0.261 e. The Kier molecular flexibility index (Phi) is 5.77. The number of hydrogen-bond acceptors (Lipinski definition) is 4. The summed E-state index contributed by atoms with van der Waals surface area (Å²) < 4.78 is 27.4. The van der Waals surface area contributed by atoms with Crippen LogP contribution in [0.3, 0.4) is 0 Å². The fraction of sp³-hybridized carbons (Fsp3) is 0.300. The van der Waals surface area contributed by atoms with Gasteiger partial charge in [0.15, 0.2) is 0 Å². The number of carbonyl (C=O) groups excluding carboxylic acids is 1. The standard InChI is InChI=1S/C20H21N3O3S/c21-14-15-6-10-18(11-7-15)23-27(25,26)19-12-8-16(9-13-19)20(24)22-17-4-2-1-3-5-17/h6-13,17,23H,1-5H2,(H,22,24). The molecule has 0 aromatic heterocycles. The molecule has 0 bridgehead atoms. The SMILES string of the molecule is N#Cc1ccc(NS(=O)(=O)c2ccc(C(=O)NC3CCCCC3)cc2)cc1. The quantitative estimate of drug-likeness (QED) is 0.826. The maximum absolute atomic E-state index is 12.5. The zero-order valence-electron chi connectivity index (χ0n) is 14.8. The molecule has 1 aliphatic carbocycles. The van der Waals surface area contributed by atoms with Gasteiger partial charge in [-0.2, -0.15) is 5.26 Å². The number of nitrogens with zero attached hydrogens (tertiary/aromatic N) is 1. The summed E-state index contributed by atoms with van der Waals surface area (Å²) in [5.74, 6) is -0.175. The van der Waals surface area contributed by atoms with E-state index in [9.17, 15) is 13.2 Å². The van der Waals surface area contributed by atoms with Crippen molar-refractivity contribution in [3.05, 3.63) is 59.7 Å². The highest BCUT2D eigenvalue weighted by atomic mass is 32.2. The van der Waals surface area contributed by atoms with Crippen molar-refractivity contribution in [1.82, 2.24) is 5.32 Å². The summed E-state index contributed by atoms with van der Waals surface area (Å²) in [4.78, 5) is 12.4. The minimum Gasteiger partial charge on any atom is -0.349 e. The summed E-state index contributed by atoms with van der Waals surface area (Å²) in [6.45, 7) is 0. The van der Waals surface area contributed by atoms with Gasteiger partial charge in [0.05, 0.1) is 16.5 Å². The molecule has 3 rings (SSSR count). The molecule has 0 radical (unpaired) electrons. The molecule has 1 aliphatic rings. The van der Waals surface area contributed by atoms with Gasteiger partial charge in [0, 0.05) is 17.3 Å². The molecule has 1 amide bonds. The van der Waals surface area contributed by atoms with E-state index in [0.717, 1.165) is 25.7 Å². The first-order chi connectivity index (χ1) is 13.0. The lowest BCUT2D eigenvalue weighted by Gasteiger charge is -2.22. The van der Waals surface area contributed by atoms with Crippen LogP contribution >= 0.6 is 0 Å². The van der Waals surface area contributed by atoms with E-state index < -0.39 is 10.0 Å². The largest absolute Gasteiger partial charge is 0.349 e. The first-order valence-corrected chi connectivity index (χ1v) is 10.4. The molecular formula is C20H21N3O3S. The molecular weight excluding hydrogens is 362 g/mol. The zero-order valence-corrected chi connectivity index (χ0v) is 15.6. The van der Waals surface area contributed by atoms with Gasteiger partial charge >= 0.3 is 0 Å². The Bertz CT molecular complexity index is 939. The fourth-order valence-corrected chi connectivity index (χ4v) is 4.19. The van der Waals surface area contributed by atoms with E-state index in [1.165, 1.54) is 55.0 Å². The van der Waals surface area contributed by atoms with Crippen LogP contribution in [-0.4, -0.2) is 20.4 Å². The average Bonchev–Trinajstić information content (AvgIpc) is 2.69. The number of nitriles is 1.